The topological polar surface area (TPSA) is 32.3 Å². The van der Waals surface area contributed by atoms with Gasteiger partial charge in [0.05, 0.1) is 0 Å². The molecule has 10 heavy (non-hydrogen) atoms. The minimum Gasteiger partial charge on any atom is -0.317 e. The third-order valence-corrected chi connectivity index (χ3v) is 3.20. The van der Waals surface area contributed by atoms with Crippen LogP contribution in [0.2, 0.25) is 0 Å². The van der Waals surface area contributed by atoms with Crippen LogP contribution >= 0.6 is 11.8 Å². The highest BCUT2D eigenvalue weighted by Gasteiger charge is 2.12. The van der Waals surface area contributed by atoms with Crippen LogP contribution in [0.5, 0.6) is 0 Å². The number of hydroxylamine groups is 1. The molecule has 1 aliphatic heterocycles. The molecule has 1 fully saturated rings. The molecule has 1 aliphatic rings. The van der Waals surface area contributed by atoms with Gasteiger partial charge in [0.2, 0.25) is 0 Å². The van der Waals surface area contributed by atoms with E-state index >= 15 is 0 Å². The summed E-state index contributed by atoms with van der Waals surface area (Å²) >= 11 is 2.04. The Labute approximate surface area is 66.3 Å². The molecule has 1 unspecified atom stereocenters. The minimum atomic E-state index is 0.755. The maximum atomic E-state index is 8.34. The summed E-state index contributed by atoms with van der Waals surface area (Å²) in [5.74, 6) is 3.48. The first-order valence-corrected chi connectivity index (χ1v) is 5.03. The van der Waals surface area contributed by atoms with Crippen LogP contribution in [-0.2, 0) is 0 Å². The molecule has 1 rings (SSSR count). The van der Waals surface area contributed by atoms with E-state index in [2.05, 4.69) is 5.48 Å². The standard InChI is InChI=1S/C7H15NOS/c9-8-4-3-7-2-1-5-10-6-7/h7-9H,1-6H2. The largest absolute Gasteiger partial charge is 0.317 e. The van der Waals surface area contributed by atoms with E-state index in [0.717, 1.165) is 18.9 Å². The van der Waals surface area contributed by atoms with Crippen molar-refractivity contribution >= 4 is 11.8 Å². The first kappa shape index (κ1) is 8.37. The first-order chi connectivity index (χ1) is 4.93. The highest BCUT2D eigenvalue weighted by Crippen LogP contribution is 2.24. The Hall–Kier alpha value is 0.270. The van der Waals surface area contributed by atoms with E-state index in [-0.39, 0.29) is 0 Å². The summed E-state index contributed by atoms with van der Waals surface area (Å²) in [6.07, 6.45) is 3.85. The van der Waals surface area contributed by atoms with Crippen molar-refractivity contribution in [3.8, 4) is 0 Å². The van der Waals surface area contributed by atoms with Gasteiger partial charge in [-0.3, -0.25) is 0 Å². The predicted octanol–water partition coefficient (Wildman–Crippen LogP) is 1.50. The van der Waals surface area contributed by atoms with Gasteiger partial charge >= 0.3 is 0 Å². The molecule has 0 aromatic heterocycles. The summed E-state index contributed by atoms with van der Waals surface area (Å²) in [4.78, 5) is 0. The van der Waals surface area contributed by atoms with Gasteiger partial charge in [-0.15, -0.1) is 0 Å². The van der Waals surface area contributed by atoms with Gasteiger partial charge in [0, 0.05) is 6.54 Å². The van der Waals surface area contributed by atoms with E-state index < -0.39 is 0 Å². The molecular weight excluding hydrogens is 146 g/mol. The van der Waals surface area contributed by atoms with Crippen LogP contribution in [-0.4, -0.2) is 23.3 Å². The molecule has 0 amide bonds. The zero-order valence-corrected chi connectivity index (χ0v) is 6.99. The fraction of sp³-hybridized carbons (Fsp3) is 1.00. The quantitative estimate of drug-likeness (QED) is 0.615. The Bertz CT molecular complexity index is 83.7. The fourth-order valence-electron chi connectivity index (χ4n) is 1.30. The normalized spacial score (nSPS) is 26.7. The van der Waals surface area contributed by atoms with Crippen molar-refractivity contribution in [3.63, 3.8) is 0 Å². The van der Waals surface area contributed by atoms with Crippen molar-refractivity contribution in [1.82, 2.24) is 5.48 Å². The Balaban J connectivity index is 2.02. The van der Waals surface area contributed by atoms with E-state index in [4.69, 9.17) is 5.21 Å². The molecule has 0 aromatic carbocycles. The van der Waals surface area contributed by atoms with E-state index in [9.17, 15) is 0 Å². The maximum absolute atomic E-state index is 8.34. The molecule has 2 N–H and O–H groups in total. The van der Waals surface area contributed by atoms with Crippen LogP contribution in [0, 0.1) is 5.92 Å². The molecule has 3 heteroatoms. The molecule has 1 atom stereocenters. The lowest BCUT2D eigenvalue weighted by Crippen LogP contribution is -2.17. The summed E-state index contributed by atoms with van der Waals surface area (Å²) in [5, 5.41) is 8.34. The smallest absolute Gasteiger partial charge is 0.0210 e. The molecular formula is C7H15NOS. The van der Waals surface area contributed by atoms with Crippen molar-refractivity contribution < 1.29 is 5.21 Å². The second-order valence-corrected chi connectivity index (χ2v) is 3.93. The molecule has 0 aliphatic carbocycles. The lowest BCUT2D eigenvalue weighted by Gasteiger charge is -2.20. The highest BCUT2D eigenvalue weighted by atomic mass is 32.2. The van der Waals surface area contributed by atoms with Crippen LogP contribution < -0.4 is 5.48 Å². The van der Waals surface area contributed by atoms with E-state index in [0.29, 0.717) is 0 Å². The molecule has 1 saturated heterocycles. The van der Waals surface area contributed by atoms with Crippen LogP contribution in [0.3, 0.4) is 0 Å². The van der Waals surface area contributed by atoms with Crippen molar-refractivity contribution in [2.24, 2.45) is 5.92 Å². The summed E-state index contributed by atoms with van der Waals surface area (Å²) in [5.41, 5.74) is 2.21. The van der Waals surface area contributed by atoms with Gasteiger partial charge in [-0.1, -0.05) is 0 Å². The average molecular weight is 161 g/mol. The van der Waals surface area contributed by atoms with Gasteiger partial charge in [-0.2, -0.15) is 11.8 Å². The number of nitrogens with one attached hydrogen (secondary N) is 1. The van der Waals surface area contributed by atoms with Crippen LogP contribution in [0.1, 0.15) is 19.3 Å². The number of rotatable bonds is 3. The number of hydrogen-bond donors (Lipinski definition) is 2. The van der Waals surface area contributed by atoms with Crippen LogP contribution in [0.15, 0.2) is 0 Å². The molecule has 2 nitrogen and oxygen atoms in total. The fourth-order valence-corrected chi connectivity index (χ4v) is 2.51. The Kier molecular flexibility index (Phi) is 4.18. The molecule has 0 saturated carbocycles. The van der Waals surface area contributed by atoms with Crippen molar-refractivity contribution in [1.29, 1.82) is 0 Å². The predicted molar refractivity (Wildman–Crippen MR) is 44.5 cm³/mol. The summed E-state index contributed by atoms with van der Waals surface area (Å²) in [6.45, 7) is 0.755. The van der Waals surface area contributed by atoms with E-state index in [1.54, 1.807) is 0 Å². The number of hydrogen-bond acceptors (Lipinski definition) is 3. The van der Waals surface area contributed by atoms with Crippen molar-refractivity contribution in [2.45, 2.75) is 19.3 Å². The van der Waals surface area contributed by atoms with Gasteiger partial charge in [-0.05, 0) is 36.7 Å². The Morgan fingerprint density at radius 1 is 1.60 bits per heavy atom. The first-order valence-electron chi connectivity index (χ1n) is 3.88. The second kappa shape index (κ2) is 4.99. The van der Waals surface area contributed by atoms with Crippen molar-refractivity contribution in [2.75, 3.05) is 18.1 Å². The second-order valence-electron chi connectivity index (χ2n) is 2.78. The lowest BCUT2D eigenvalue weighted by atomic mass is 10.0. The summed E-state index contributed by atoms with van der Waals surface area (Å²) in [7, 11) is 0. The molecule has 0 bridgehead atoms. The zero-order valence-electron chi connectivity index (χ0n) is 6.18. The average Bonchev–Trinajstić information content (AvgIpc) is 2.03. The van der Waals surface area contributed by atoms with Gasteiger partial charge in [0.15, 0.2) is 0 Å². The zero-order chi connectivity index (χ0) is 7.23. The van der Waals surface area contributed by atoms with Gasteiger partial charge < -0.3 is 5.21 Å². The number of thioether (sulfide) groups is 1. The molecule has 60 valence electrons. The lowest BCUT2D eigenvalue weighted by molar-refractivity contribution is 0.159. The summed E-state index contributed by atoms with van der Waals surface area (Å²) < 4.78 is 0. The molecule has 0 radical (unpaired) electrons. The summed E-state index contributed by atoms with van der Waals surface area (Å²) in [6, 6.07) is 0. The molecule has 0 aromatic rings. The Morgan fingerprint density at radius 3 is 3.10 bits per heavy atom. The third-order valence-electron chi connectivity index (χ3n) is 1.92. The van der Waals surface area contributed by atoms with Gasteiger partial charge in [0.1, 0.15) is 0 Å². The van der Waals surface area contributed by atoms with Crippen LogP contribution in [0.25, 0.3) is 0 Å². The van der Waals surface area contributed by atoms with Gasteiger partial charge in [-0.25, -0.2) is 5.48 Å². The van der Waals surface area contributed by atoms with E-state index in [1.807, 2.05) is 11.8 Å². The van der Waals surface area contributed by atoms with Crippen molar-refractivity contribution in [3.05, 3.63) is 0 Å². The SMILES string of the molecule is ONCCC1CCCSC1. The van der Waals surface area contributed by atoms with E-state index in [1.165, 1.54) is 24.3 Å². The maximum Gasteiger partial charge on any atom is 0.0210 e. The molecule has 0 spiro atoms. The Morgan fingerprint density at radius 2 is 2.50 bits per heavy atom. The minimum absolute atomic E-state index is 0.755. The molecule has 1 heterocycles. The monoisotopic (exact) mass is 161 g/mol. The third kappa shape index (κ3) is 2.90. The van der Waals surface area contributed by atoms with Gasteiger partial charge in [0.25, 0.3) is 0 Å². The highest BCUT2D eigenvalue weighted by molar-refractivity contribution is 7.99. The van der Waals surface area contributed by atoms with Crippen LogP contribution in [0.4, 0.5) is 0 Å².